The van der Waals surface area contributed by atoms with E-state index >= 15 is 0 Å². The maximum absolute atomic E-state index is 13.1. The summed E-state index contributed by atoms with van der Waals surface area (Å²) in [5.41, 5.74) is 3.24. The Morgan fingerprint density at radius 3 is 2.72 bits per heavy atom. The minimum atomic E-state index is -0.358. The van der Waals surface area contributed by atoms with Crippen molar-refractivity contribution in [1.82, 2.24) is 5.16 Å². The van der Waals surface area contributed by atoms with Gasteiger partial charge in [-0.3, -0.25) is 4.79 Å². The molecule has 6 heteroatoms. The number of carbonyl (C=O) groups excluding carboxylic acids is 1. The lowest BCUT2D eigenvalue weighted by molar-refractivity contribution is 0.0982. The van der Waals surface area contributed by atoms with Crippen LogP contribution in [0.15, 0.2) is 47.0 Å². The van der Waals surface area contributed by atoms with Gasteiger partial charge in [-0.2, -0.15) is 0 Å². The van der Waals surface area contributed by atoms with Crippen LogP contribution in [0, 0.1) is 12.7 Å². The molecule has 1 aliphatic heterocycles. The quantitative estimate of drug-likeness (QED) is 0.710. The van der Waals surface area contributed by atoms with Crippen LogP contribution in [0.25, 0.3) is 11.3 Å². The van der Waals surface area contributed by atoms with E-state index in [-0.39, 0.29) is 24.0 Å². The lowest BCUT2D eigenvalue weighted by Gasteiger charge is -2.19. The minimum absolute atomic E-state index is 0.203. The van der Waals surface area contributed by atoms with Crippen molar-refractivity contribution in [2.24, 2.45) is 0 Å². The smallest absolute Gasteiger partial charge is 0.280 e. The normalized spacial score (nSPS) is 12.1. The van der Waals surface area contributed by atoms with Crippen LogP contribution in [0.1, 0.15) is 21.6 Å². The molecule has 1 amide bonds. The number of nitrogens with zero attached hydrogens (tertiary/aromatic N) is 2. The molecule has 3 aromatic rings. The zero-order valence-electron chi connectivity index (χ0n) is 13.7. The summed E-state index contributed by atoms with van der Waals surface area (Å²) in [6.07, 6.45) is 0. The number of halogens is 1. The van der Waals surface area contributed by atoms with E-state index in [1.807, 2.05) is 25.1 Å². The number of hydrogen-bond acceptors (Lipinski definition) is 4. The maximum atomic E-state index is 13.1. The Balaban J connectivity index is 1.71. The molecule has 126 valence electrons. The predicted molar refractivity (Wildman–Crippen MR) is 90.1 cm³/mol. The molecule has 2 heterocycles. The summed E-state index contributed by atoms with van der Waals surface area (Å²) in [6.45, 7) is 2.19. The van der Waals surface area contributed by atoms with E-state index in [0.717, 1.165) is 11.1 Å². The molecular weight excluding hydrogens is 323 g/mol. The monoisotopic (exact) mass is 338 g/mol. The number of carbonyl (C=O) groups is 1. The van der Waals surface area contributed by atoms with Gasteiger partial charge < -0.3 is 14.2 Å². The molecule has 0 bridgehead atoms. The Bertz CT molecular complexity index is 963. The van der Waals surface area contributed by atoms with Gasteiger partial charge in [-0.15, -0.1) is 0 Å². The van der Waals surface area contributed by atoms with Crippen molar-refractivity contribution >= 4 is 11.6 Å². The number of rotatable bonds is 2. The van der Waals surface area contributed by atoms with Gasteiger partial charge in [0, 0.05) is 12.7 Å². The van der Waals surface area contributed by atoms with Crippen LogP contribution in [0.3, 0.4) is 0 Å². The van der Waals surface area contributed by atoms with E-state index in [2.05, 4.69) is 5.16 Å². The second-order valence-corrected chi connectivity index (χ2v) is 5.97. The SMILES string of the molecule is Cc1ccc2c(c1)-c1onc(C(=O)N(C)c3ccc(F)cc3)c1CO2. The average molecular weight is 338 g/mol. The van der Waals surface area contributed by atoms with Crippen molar-refractivity contribution < 1.29 is 18.4 Å². The standard InChI is InChI=1S/C19H15FN2O3/c1-11-3-8-16-14(9-11)18-15(10-24-16)17(21-25-18)19(23)22(2)13-6-4-12(20)5-7-13/h3-9H,10H2,1-2H3. The van der Waals surface area contributed by atoms with Gasteiger partial charge in [-0.05, 0) is 43.3 Å². The van der Waals surface area contributed by atoms with Gasteiger partial charge in [0.1, 0.15) is 18.2 Å². The van der Waals surface area contributed by atoms with E-state index in [4.69, 9.17) is 9.26 Å². The van der Waals surface area contributed by atoms with Gasteiger partial charge in [-0.1, -0.05) is 16.8 Å². The molecule has 0 atom stereocenters. The summed E-state index contributed by atoms with van der Waals surface area (Å²) < 4.78 is 24.3. The first kappa shape index (κ1) is 15.4. The highest BCUT2D eigenvalue weighted by atomic mass is 19.1. The number of aryl methyl sites for hydroxylation is 1. The molecule has 0 saturated carbocycles. The summed E-state index contributed by atoms with van der Waals surface area (Å²) in [5.74, 6) is 0.570. The van der Waals surface area contributed by atoms with Crippen molar-refractivity contribution in [3.63, 3.8) is 0 Å². The van der Waals surface area contributed by atoms with E-state index in [9.17, 15) is 9.18 Å². The fourth-order valence-corrected chi connectivity index (χ4v) is 2.86. The number of hydrogen-bond donors (Lipinski definition) is 0. The van der Waals surface area contributed by atoms with Crippen LogP contribution in [0.5, 0.6) is 5.75 Å². The van der Waals surface area contributed by atoms with Crippen LogP contribution in [0.2, 0.25) is 0 Å². The van der Waals surface area contributed by atoms with Crippen LogP contribution >= 0.6 is 0 Å². The fraction of sp³-hybridized carbons (Fsp3) is 0.158. The highest BCUT2D eigenvalue weighted by molar-refractivity contribution is 6.06. The van der Waals surface area contributed by atoms with Gasteiger partial charge in [0.2, 0.25) is 0 Å². The Kier molecular flexibility index (Phi) is 3.53. The molecule has 5 nitrogen and oxygen atoms in total. The Hall–Kier alpha value is -3.15. The van der Waals surface area contributed by atoms with Crippen LogP contribution in [0.4, 0.5) is 10.1 Å². The molecule has 0 radical (unpaired) electrons. The molecule has 1 aromatic heterocycles. The molecule has 0 saturated heterocycles. The second-order valence-electron chi connectivity index (χ2n) is 5.97. The summed E-state index contributed by atoms with van der Waals surface area (Å²) in [6, 6.07) is 11.5. The highest BCUT2D eigenvalue weighted by Crippen LogP contribution is 2.39. The fourth-order valence-electron chi connectivity index (χ4n) is 2.86. The summed E-state index contributed by atoms with van der Waals surface area (Å²) in [5, 5.41) is 3.97. The molecule has 1 aliphatic rings. The van der Waals surface area contributed by atoms with Crippen molar-refractivity contribution in [2.75, 3.05) is 11.9 Å². The molecule has 0 unspecified atom stereocenters. The van der Waals surface area contributed by atoms with Gasteiger partial charge in [0.05, 0.1) is 11.1 Å². The van der Waals surface area contributed by atoms with E-state index < -0.39 is 0 Å². The third kappa shape index (κ3) is 2.55. The second kappa shape index (κ2) is 5.73. The molecule has 0 N–H and O–H groups in total. The Morgan fingerprint density at radius 2 is 1.96 bits per heavy atom. The third-order valence-electron chi connectivity index (χ3n) is 4.26. The topological polar surface area (TPSA) is 55.6 Å². The number of anilines is 1. The largest absolute Gasteiger partial charge is 0.488 e. The molecule has 0 aliphatic carbocycles. The third-order valence-corrected chi connectivity index (χ3v) is 4.26. The molecule has 2 aromatic carbocycles. The number of aromatic nitrogens is 1. The lowest BCUT2D eigenvalue weighted by Crippen LogP contribution is -2.28. The Labute approximate surface area is 143 Å². The van der Waals surface area contributed by atoms with Crippen molar-refractivity contribution in [3.8, 4) is 17.1 Å². The highest BCUT2D eigenvalue weighted by Gasteiger charge is 2.30. The predicted octanol–water partition coefficient (Wildman–Crippen LogP) is 3.96. The van der Waals surface area contributed by atoms with Gasteiger partial charge in [0.15, 0.2) is 11.5 Å². The first-order valence-electron chi connectivity index (χ1n) is 7.80. The number of benzene rings is 2. The molecule has 25 heavy (non-hydrogen) atoms. The Morgan fingerprint density at radius 1 is 1.20 bits per heavy atom. The van der Waals surface area contributed by atoms with E-state index in [0.29, 0.717) is 22.8 Å². The summed E-state index contributed by atoms with van der Waals surface area (Å²) >= 11 is 0. The van der Waals surface area contributed by atoms with Crippen LogP contribution in [-0.2, 0) is 6.61 Å². The van der Waals surface area contributed by atoms with Gasteiger partial charge in [0.25, 0.3) is 5.91 Å². The van der Waals surface area contributed by atoms with Crippen LogP contribution in [-0.4, -0.2) is 18.1 Å². The number of amides is 1. The number of fused-ring (bicyclic) bond motifs is 3. The maximum Gasteiger partial charge on any atom is 0.280 e. The lowest BCUT2D eigenvalue weighted by atomic mass is 10.0. The summed E-state index contributed by atoms with van der Waals surface area (Å²) in [7, 11) is 1.61. The van der Waals surface area contributed by atoms with Crippen molar-refractivity contribution in [2.45, 2.75) is 13.5 Å². The first-order chi connectivity index (χ1) is 12.0. The van der Waals surface area contributed by atoms with E-state index in [1.54, 1.807) is 7.05 Å². The van der Waals surface area contributed by atoms with Crippen LogP contribution < -0.4 is 9.64 Å². The average Bonchev–Trinajstić information content (AvgIpc) is 3.05. The first-order valence-corrected chi connectivity index (χ1v) is 7.80. The van der Waals surface area contributed by atoms with E-state index in [1.165, 1.54) is 29.2 Å². The zero-order chi connectivity index (χ0) is 17.6. The van der Waals surface area contributed by atoms with Gasteiger partial charge >= 0.3 is 0 Å². The van der Waals surface area contributed by atoms with Gasteiger partial charge in [-0.25, -0.2) is 4.39 Å². The van der Waals surface area contributed by atoms with Crippen molar-refractivity contribution in [1.29, 1.82) is 0 Å². The minimum Gasteiger partial charge on any atom is -0.488 e. The summed E-state index contributed by atoms with van der Waals surface area (Å²) in [4.78, 5) is 14.2. The molecule has 0 spiro atoms. The molecule has 0 fully saturated rings. The zero-order valence-corrected chi connectivity index (χ0v) is 13.7. The number of ether oxygens (including phenoxy) is 1. The molecular formula is C19H15FN2O3. The van der Waals surface area contributed by atoms with Crippen molar-refractivity contribution in [3.05, 3.63) is 65.1 Å². The molecule has 4 rings (SSSR count).